The van der Waals surface area contributed by atoms with Crippen molar-refractivity contribution in [2.24, 2.45) is 5.92 Å². The van der Waals surface area contributed by atoms with Gasteiger partial charge in [0.1, 0.15) is 6.61 Å². The molecule has 8 heteroatoms. The van der Waals surface area contributed by atoms with Crippen molar-refractivity contribution in [3.05, 3.63) is 65.7 Å². The number of aryl methyl sites for hydroxylation is 1. The lowest BCUT2D eigenvalue weighted by molar-refractivity contribution is -0.148. The van der Waals surface area contributed by atoms with Crippen LogP contribution >= 0.6 is 0 Å². The average molecular weight is 437 g/mol. The third-order valence-electron chi connectivity index (χ3n) is 5.24. The number of nitrogens with zero attached hydrogens (tertiary/aromatic N) is 1. The summed E-state index contributed by atoms with van der Waals surface area (Å²) in [6.45, 7) is 2.44. The lowest BCUT2D eigenvalue weighted by Gasteiger charge is -2.17. The number of benzene rings is 2. The Morgan fingerprint density at radius 2 is 1.75 bits per heavy atom. The van der Waals surface area contributed by atoms with E-state index in [1.165, 1.54) is 5.56 Å². The molecule has 168 valence electrons. The smallest absolute Gasteiger partial charge is 0.321 e. The van der Waals surface area contributed by atoms with Crippen molar-refractivity contribution in [1.82, 2.24) is 10.6 Å². The Balaban J connectivity index is 1.37. The van der Waals surface area contributed by atoms with E-state index in [0.717, 1.165) is 17.7 Å². The zero-order valence-corrected chi connectivity index (χ0v) is 18.0. The van der Waals surface area contributed by atoms with E-state index >= 15 is 0 Å². The molecule has 1 aliphatic rings. The van der Waals surface area contributed by atoms with Crippen LogP contribution in [0.2, 0.25) is 0 Å². The second-order valence-electron chi connectivity index (χ2n) is 7.56. The fraction of sp³-hybridized carbons (Fsp3) is 0.333. The first-order valence-corrected chi connectivity index (χ1v) is 10.6. The summed E-state index contributed by atoms with van der Waals surface area (Å²) in [5.41, 5.74) is 2.83. The van der Waals surface area contributed by atoms with Crippen LogP contribution in [0.5, 0.6) is 0 Å². The SMILES string of the molecule is CCc1ccc(N2CC(C(=O)OCCC(=O)NC(=O)NCc3ccccc3)CC2=O)cc1. The van der Waals surface area contributed by atoms with Gasteiger partial charge in [-0.1, -0.05) is 49.4 Å². The average Bonchev–Trinajstić information content (AvgIpc) is 3.20. The van der Waals surface area contributed by atoms with Gasteiger partial charge in [-0.15, -0.1) is 0 Å². The molecule has 8 nitrogen and oxygen atoms in total. The molecule has 3 rings (SSSR count). The summed E-state index contributed by atoms with van der Waals surface area (Å²) in [6, 6.07) is 16.4. The van der Waals surface area contributed by atoms with E-state index in [1.54, 1.807) is 4.90 Å². The molecule has 1 unspecified atom stereocenters. The van der Waals surface area contributed by atoms with Gasteiger partial charge in [-0.05, 0) is 29.7 Å². The van der Waals surface area contributed by atoms with E-state index in [1.807, 2.05) is 54.6 Å². The summed E-state index contributed by atoms with van der Waals surface area (Å²) in [7, 11) is 0. The molecule has 32 heavy (non-hydrogen) atoms. The van der Waals surface area contributed by atoms with Gasteiger partial charge in [-0.25, -0.2) is 4.79 Å². The Labute approximate surface area is 186 Å². The maximum atomic E-state index is 12.3. The minimum absolute atomic E-state index is 0.0719. The molecule has 2 N–H and O–H groups in total. The normalized spacial score (nSPS) is 15.3. The highest BCUT2D eigenvalue weighted by molar-refractivity contribution is 5.99. The largest absolute Gasteiger partial charge is 0.465 e. The van der Waals surface area contributed by atoms with Crippen molar-refractivity contribution in [1.29, 1.82) is 0 Å². The molecule has 0 saturated carbocycles. The summed E-state index contributed by atoms with van der Waals surface area (Å²) in [4.78, 5) is 49.9. The second kappa shape index (κ2) is 11.1. The van der Waals surface area contributed by atoms with Gasteiger partial charge in [-0.3, -0.25) is 19.7 Å². The van der Waals surface area contributed by atoms with Crippen LogP contribution in [0.4, 0.5) is 10.5 Å². The zero-order valence-electron chi connectivity index (χ0n) is 18.0. The number of rotatable bonds is 8. The summed E-state index contributed by atoms with van der Waals surface area (Å²) in [5, 5.41) is 4.78. The first kappa shape index (κ1) is 23.0. The number of anilines is 1. The van der Waals surface area contributed by atoms with Crippen LogP contribution in [0.25, 0.3) is 0 Å². The highest BCUT2D eigenvalue weighted by atomic mass is 16.5. The van der Waals surface area contributed by atoms with E-state index in [4.69, 9.17) is 4.74 Å². The number of hydrogen-bond acceptors (Lipinski definition) is 5. The number of carbonyl (C=O) groups excluding carboxylic acids is 4. The van der Waals surface area contributed by atoms with Crippen LogP contribution < -0.4 is 15.5 Å². The van der Waals surface area contributed by atoms with E-state index in [0.29, 0.717) is 6.54 Å². The number of ether oxygens (including phenoxy) is 1. The second-order valence-corrected chi connectivity index (χ2v) is 7.56. The minimum atomic E-state index is -0.615. The summed E-state index contributed by atoms with van der Waals surface area (Å²) in [6.07, 6.45) is 0.835. The Bertz CT molecular complexity index is 959. The molecule has 4 amide bonds. The van der Waals surface area contributed by atoms with Crippen molar-refractivity contribution < 1.29 is 23.9 Å². The number of amides is 4. The molecule has 2 aromatic carbocycles. The van der Waals surface area contributed by atoms with Crippen LogP contribution in [0.15, 0.2) is 54.6 Å². The number of carbonyl (C=O) groups is 4. The molecule has 0 spiro atoms. The van der Waals surface area contributed by atoms with E-state index < -0.39 is 23.8 Å². The van der Waals surface area contributed by atoms with E-state index in [-0.39, 0.29) is 31.9 Å². The van der Waals surface area contributed by atoms with Crippen LogP contribution in [0.1, 0.15) is 30.9 Å². The van der Waals surface area contributed by atoms with Crippen molar-refractivity contribution in [2.75, 3.05) is 18.1 Å². The number of nitrogens with one attached hydrogen (secondary N) is 2. The van der Waals surface area contributed by atoms with Gasteiger partial charge in [0, 0.05) is 25.2 Å². The quantitative estimate of drug-likeness (QED) is 0.618. The third-order valence-corrected chi connectivity index (χ3v) is 5.24. The molecule has 2 aromatic rings. The molecule has 1 heterocycles. The topological polar surface area (TPSA) is 105 Å². The lowest BCUT2D eigenvalue weighted by Crippen LogP contribution is -2.39. The minimum Gasteiger partial charge on any atom is -0.465 e. The molecular weight excluding hydrogens is 410 g/mol. The van der Waals surface area contributed by atoms with Crippen LogP contribution in [-0.2, 0) is 32.1 Å². The molecular formula is C24H27N3O5. The molecule has 0 aromatic heterocycles. The van der Waals surface area contributed by atoms with Gasteiger partial charge in [0.2, 0.25) is 11.8 Å². The van der Waals surface area contributed by atoms with Gasteiger partial charge >= 0.3 is 12.0 Å². The first-order valence-electron chi connectivity index (χ1n) is 10.6. The van der Waals surface area contributed by atoms with Gasteiger partial charge in [0.05, 0.1) is 12.3 Å². The van der Waals surface area contributed by atoms with Crippen molar-refractivity contribution in [3.63, 3.8) is 0 Å². The van der Waals surface area contributed by atoms with Crippen LogP contribution in [-0.4, -0.2) is 37.0 Å². The predicted molar refractivity (Wildman–Crippen MR) is 119 cm³/mol. The molecule has 1 saturated heterocycles. The van der Waals surface area contributed by atoms with Crippen molar-refractivity contribution in [2.45, 2.75) is 32.7 Å². The number of hydrogen-bond donors (Lipinski definition) is 2. The maximum Gasteiger partial charge on any atom is 0.321 e. The Morgan fingerprint density at radius 1 is 1.03 bits per heavy atom. The van der Waals surface area contributed by atoms with E-state index in [2.05, 4.69) is 17.6 Å². The first-order chi connectivity index (χ1) is 15.5. The summed E-state index contributed by atoms with van der Waals surface area (Å²) >= 11 is 0. The highest BCUT2D eigenvalue weighted by Crippen LogP contribution is 2.26. The Kier molecular flexibility index (Phi) is 7.96. The predicted octanol–water partition coefficient (Wildman–Crippen LogP) is 2.56. The molecule has 0 radical (unpaired) electrons. The van der Waals surface area contributed by atoms with Crippen LogP contribution in [0, 0.1) is 5.92 Å². The zero-order chi connectivity index (χ0) is 22.9. The fourth-order valence-electron chi connectivity index (χ4n) is 3.40. The molecule has 1 aliphatic heterocycles. The molecule has 1 atom stereocenters. The molecule has 1 fully saturated rings. The third kappa shape index (κ3) is 6.41. The van der Waals surface area contributed by atoms with E-state index in [9.17, 15) is 19.2 Å². The molecule has 0 bridgehead atoms. The van der Waals surface area contributed by atoms with Gasteiger partial charge in [-0.2, -0.15) is 0 Å². The summed E-state index contributed by atoms with van der Waals surface area (Å²) in [5.74, 6) is -1.79. The monoisotopic (exact) mass is 437 g/mol. The fourth-order valence-corrected chi connectivity index (χ4v) is 3.40. The van der Waals surface area contributed by atoms with Gasteiger partial charge in [0.15, 0.2) is 0 Å². The Morgan fingerprint density at radius 3 is 2.44 bits per heavy atom. The number of esters is 1. The summed E-state index contributed by atoms with van der Waals surface area (Å²) < 4.78 is 5.17. The highest BCUT2D eigenvalue weighted by Gasteiger charge is 2.36. The maximum absolute atomic E-state index is 12.3. The van der Waals surface area contributed by atoms with Gasteiger partial charge in [0.25, 0.3) is 0 Å². The Hall–Kier alpha value is -3.68. The van der Waals surface area contributed by atoms with Crippen molar-refractivity contribution >= 4 is 29.5 Å². The van der Waals surface area contributed by atoms with Gasteiger partial charge < -0.3 is 15.0 Å². The lowest BCUT2D eigenvalue weighted by atomic mass is 10.1. The number of imide groups is 1. The van der Waals surface area contributed by atoms with Crippen LogP contribution in [0.3, 0.4) is 0 Å². The number of urea groups is 1. The molecule has 0 aliphatic carbocycles. The van der Waals surface area contributed by atoms with Crippen molar-refractivity contribution in [3.8, 4) is 0 Å². The standard InChI is InChI=1S/C24H27N3O5/c1-2-17-8-10-20(11-9-17)27-16-19(14-22(27)29)23(30)32-13-12-21(28)26-24(31)25-15-18-6-4-3-5-7-18/h3-11,19H,2,12-16H2,1H3,(H2,25,26,28,31).